The highest BCUT2D eigenvalue weighted by molar-refractivity contribution is 7.11. The number of rotatable bonds is 5. The minimum Gasteiger partial charge on any atom is -0.357 e. The van der Waals surface area contributed by atoms with Crippen molar-refractivity contribution in [2.45, 2.75) is 52.5 Å². The van der Waals surface area contributed by atoms with E-state index in [2.05, 4.69) is 49.2 Å². The average molecular weight is 375 g/mol. The van der Waals surface area contributed by atoms with Gasteiger partial charge in [0.25, 0.3) is 0 Å². The van der Waals surface area contributed by atoms with Crippen molar-refractivity contribution in [3.8, 4) is 0 Å². The molecule has 2 aromatic rings. The number of hydrogen-bond donors (Lipinski definition) is 1. The monoisotopic (exact) mass is 374 g/mol. The zero-order valence-corrected chi connectivity index (χ0v) is 17.3. The van der Waals surface area contributed by atoms with Crippen LogP contribution in [0.3, 0.4) is 0 Å². The second kappa shape index (κ2) is 8.20. The molecule has 142 valence electrons. The van der Waals surface area contributed by atoms with Crippen molar-refractivity contribution in [1.29, 1.82) is 0 Å². The molecule has 1 aliphatic rings. The molecule has 0 saturated carbocycles. The maximum atomic E-state index is 4.87. The van der Waals surface area contributed by atoms with Crippen LogP contribution in [0.15, 0.2) is 17.4 Å². The van der Waals surface area contributed by atoms with E-state index in [1.165, 1.54) is 16.1 Å². The van der Waals surface area contributed by atoms with Crippen LogP contribution in [-0.4, -0.2) is 45.3 Å². The Morgan fingerprint density at radius 2 is 2.27 bits per heavy atom. The van der Waals surface area contributed by atoms with Crippen LogP contribution >= 0.6 is 11.3 Å². The molecule has 0 bridgehead atoms. The summed E-state index contributed by atoms with van der Waals surface area (Å²) in [7, 11) is 1.98. The molecule has 1 N–H and O–H groups in total. The first kappa shape index (κ1) is 18.9. The van der Waals surface area contributed by atoms with Gasteiger partial charge in [0, 0.05) is 43.7 Å². The first-order chi connectivity index (χ1) is 12.5. The molecule has 3 heterocycles. The highest BCUT2D eigenvalue weighted by Crippen LogP contribution is 2.27. The van der Waals surface area contributed by atoms with Gasteiger partial charge in [-0.25, -0.2) is 9.98 Å². The molecule has 0 spiro atoms. The molecule has 1 atom stereocenters. The number of aliphatic imine (C=N–C) groups is 1. The molecule has 1 fully saturated rings. The van der Waals surface area contributed by atoms with Crippen molar-refractivity contribution in [2.75, 3.05) is 19.6 Å². The molecule has 2 aromatic heterocycles. The van der Waals surface area contributed by atoms with Gasteiger partial charge in [-0.1, -0.05) is 13.8 Å². The summed E-state index contributed by atoms with van der Waals surface area (Å²) in [4.78, 5) is 13.3. The number of nitrogens with one attached hydrogen (secondary N) is 1. The lowest BCUT2D eigenvalue weighted by Gasteiger charge is -2.21. The highest BCUT2D eigenvalue weighted by Gasteiger charge is 2.27. The van der Waals surface area contributed by atoms with Gasteiger partial charge in [-0.05, 0) is 31.7 Å². The fourth-order valence-corrected chi connectivity index (χ4v) is 4.52. The van der Waals surface area contributed by atoms with Gasteiger partial charge in [0.15, 0.2) is 5.96 Å². The van der Waals surface area contributed by atoms with Crippen LogP contribution in [0.25, 0.3) is 0 Å². The molecule has 0 radical (unpaired) electrons. The van der Waals surface area contributed by atoms with E-state index in [9.17, 15) is 0 Å². The normalized spacial score (nSPS) is 18.2. The molecule has 0 amide bonds. The van der Waals surface area contributed by atoms with Crippen LogP contribution in [0.2, 0.25) is 0 Å². The topological polar surface area (TPSA) is 58.3 Å². The summed E-state index contributed by atoms with van der Waals surface area (Å²) in [6, 6.07) is 0. The Hall–Kier alpha value is -1.89. The van der Waals surface area contributed by atoms with E-state index in [4.69, 9.17) is 9.98 Å². The number of aromatic nitrogens is 3. The van der Waals surface area contributed by atoms with Gasteiger partial charge in [-0.2, -0.15) is 5.10 Å². The van der Waals surface area contributed by atoms with Gasteiger partial charge in [0.05, 0.1) is 18.4 Å². The Bertz CT molecular complexity index is 760. The third-order valence-electron chi connectivity index (χ3n) is 4.81. The molecular weight excluding hydrogens is 344 g/mol. The summed E-state index contributed by atoms with van der Waals surface area (Å²) in [5.41, 5.74) is 2.53. The van der Waals surface area contributed by atoms with Crippen LogP contribution in [-0.2, 0) is 13.6 Å². The third kappa shape index (κ3) is 4.26. The average Bonchev–Trinajstić information content (AvgIpc) is 3.31. The lowest BCUT2D eigenvalue weighted by molar-refractivity contribution is 0.486. The standard InChI is InChI=1S/C19H30N6S/c1-6-20-19(21-10-17-23-18(13(2)3)14(4)26-17)25-8-7-15(12-25)16-9-22-24(5)11-16/h9,11,13,15H,6-8,10,12H2,1-5H3,(H,20,21). The number of nitrogens with zero attached hydrogens (tertiary/aromatic N) is 5. The number of guanidine groups is 1. The Balaban J connectivity index is 1.68. The van der Waals surface area contributed by atoms with Crippen LogP contribution in [0.4, 0.5) is 0 Å². The van der Waals surface area contributed by atoms with Crippen LogP contribution in [0.1, 0.15) is 60.2 Å². The second-order valence-corrected chi connectivity index (χ2v) is 8.54. The Labute approximate surface area is 160 Å². The van der Waals surface area contributed by atoms with Gasteiger partial charge in [-0.15, -0.1) is 11.3 Å². The SMILES string of the molecule is CCNC(=NCc1nc(C(C)C)c(C)s1)N1CCC(c2cnn(C)c2)C1. The molecule has 6 nitrogen and oxygen atoms in total. The second-order valence-electron chi connectivity index (χ2n) is 7.25. The molecule has 0 aliphatic carbocycles. The van der Waals surface area contributed by atoms with Crippen LogP contribution in [0.5, 0.6) is 0 Å². The van der Waals surface area contributed by atoms with E-state index in [0.717, 1.165) is 37.0 Å². The largest absolute Gasteiger partial charge is 0.357 e. The van der Waals surface area contributed by atoms with Crippen molar-refractivity contribution in [3.63, 3.8) is 0 Å². The molecule has 7 heteroatoms. The number of hydrogen-bond acceptors (Lipinski definition) is 4. The lowest BCUT2D eigenvalue weighted by Crippen LogP contribution is -2.40. The number of aryl methyl sites for hydroxylation is 2. The molecular formula is C19H30N6S. The maximum absolute atomic E-state index is 4.87. The van der Waals surface area contributed by atoms with E-state index in [0.29, 0.717) is 18.4 Å². The Morgan fingerprint density at radius 1 is 1.46 bits per heavy atom. The zero-order chi connectivity index (χ0) is 18.7. The van der Waals surface area contributed by atoms with Crippen LogP contribution < -0.4 is 5.32 Å². The zero-order valence-electron chi connectivity index (χ0n) is 16.5. The predicted octanol–water partition coefficient (Wildman–Crippen LogP) is 3.26. The number of thiazole rings is 1. The van der Waals surface area contributed by atoms with E-state index in [1.807, 2.05) is 17.9 Å². The summed E-state index contributed by atoms with van der Waals surface area (Å²) in [5.74, 6) is 2.00. The summed E-state index contributed by atoms with van der Waals surface area (Å²) < 4.78 is 1.88. The van der Waals surface area contributed by atoms with Crippen molar-refractivity contribution < 1.29 is 0 Å². The first-order valence-corrected chi connectivity index (χ1v) is 10.3. The van der Waals surface area contributed by atoms with Crippen LogP contribution in [0, 0.1) is 6.92 Å². The fourth-order valence-electron chi connectivity index (χ4n) is 3.51. The molecule has 1 unspecified atom stereocenters. The van der Waals surface area contributed by atoms with Gasteiger partial charge in [0.1, 0.15) is 5.01 Å². The van der Waals surface area contributed by atoms with E-state index < -0.39 is 0 Å². The molecule has 1 aliphatic heterocycles. The third-order valence-corrected chi connectivity index (χ3v) is 5.78. The summed E-state index contributed by atoms with van der Waals surface area (Å²) in [6.07, 6.45) is 5.26. The van der Waals surface area contributed by atoms with Crippen molar-refractivity contribution in [3.05, 3.63) is 33.5 Å². The molecule has 26 heavy (non-hydrogen) atoms. The smallest absolute Gasteiger partial charge is 0.194 e. The van der Waals surface area contributed by atoms with E-state index >= 15 is 0 Å². The maximum Gasteiger partial charge on any atom is 0.194 e. The summed E-state index contributed by atoms with van der Waals surface area (Å²) in [5, 5.41) is 8.86. The van der Waals surface area contributed by atoms with Gasteiger partial charge < -0.3 is 10.2 Å². The quantitative estimate of drug-likeness (QED) is 0.645. The van der Waals surface area contributed by atoms with Crippen molar-refractivity contribution >= 4 is 17.3 Å². The molecule has 3 rings (SSSR count). The Morgan fingerprint density at radius 3 is 2.88 bits per heavy atom. The lowest BCUT2D eigenvalue weighted by atomic mass is 10.0. The predicted molar refractivity (Wildman–Crippen MR) is 108 cm³/mol. The Kier molecular flexibility index (Phi) is 5.96. The minimum atomic E-state index is 0.469. The highest BCUT2D eigenvalue weighted by atomic mass is 32.1. The first-order valence-electron chi connectivity index (χ1n) is 9.46. The summed E-state index contributed by atoms with van der Waals surface area (Å²) in [6.45, 7) is 12.2. The van der Waals surface area contributed by atoms with Gasteiger partial charge in [0.2, 0.25) is 0 Å². The molecule has 0 aromatic carbocycles. The van der Waals surface area contributed by atoms with Gasteiger partial charge in [-0.3, -0.25) is 4.68 Å². The van der Waals surface area contributed by atoms with Gasteiger partial charge >= 0.3 is 0 Å². The van der Waals surface area contributed by atoms with Crippen molar-refractivity contribution in [1.82, 2.24) is 25.0 Å². The fraction of sp³-hybridized carbons (Fsp3) is 0.632. The number of likely N-dealkylation sites (tertiary alicyclic amines) is 1. The van der Waals surface area contributed by atoms with Crippen molar-refractivity contribution in [2.24, 2.45) is 12.0 Å². The minimum absolute atomic E-state index is 0.469. The van der Waals surface area contributed by atoms with E-state index in [-0.39, 0.29) is 0 Å². The summed E-state index contributed by atoms with van der Waals surface area (Å²) >= 11 is 1.77. The molecule has 1 saturated heterocycles. The van der Waals surface area contributed by atoms with E-state index in [1.54, 1.807) is 11.3 Å².